The summed E-state index contributed by atoms with van der Waals surface area (Å²) in [6.07, 6.45) is 2.16. The molecule has 0 saturated heterocycles. The molecule has 5 heteroatoms. The molecule has 1 atom stereocenters. The van der Waals surface area contributed by atoms with E-state index in [1.165, 1.54) is 11.6 Å². The minimum atomic E-state index is -0.384. The number of halogens is 2. The Labute approximate surface area is 182 Å². The van der Waals surface area contributed by atoms with E-state index in [1.807, 2.05) is 24.3 Å². The second kappa shape index (κ2) is 11.0. The van der Waals surface area contributed by atoms with Gasteiger partial charge in [-0.1, -0.05) is 67.4 Å². The lowest BCUT2D eigenvalue weighted by atomic mass is 10.0. The molecule has 158 valence electrons. The first-order valence-corrected chi connectivity index (χ1v) is 10.5. The molecule has 0 aliphatic carbocycles. The first-order valence-electron chi connectivity index (χ1n) is 10.1. The second-order valence-corrected chi connectivity index (χ2v) is 7.51. The van der Waals surface area contributed by atoms with E-state index in [4.69, 9.17) is 21.1 Å². The Morgan fingerprint density at radius 1 is 1.00 bits per heavy atom. The smallest absolute Gasteiger partial charge is 0.161 e. The highest BCUT2D eigenvalue weighted by atomic mass is 35.5. The number of rotatable bonds is 10. The van der Waals surface area contributed by atoms with Gasteiger partial charge in [0.25, 0.3) is 0 Å². The highest BCUT2D eigenvalue weighted by molar-refractivity contribution is 6.31. The Hall–Kier alpha value is -2.56. The van der Waals surface area contributed by atoms with Crippen LogP contribution in [0.3, 0.4) is 0 Å². The predicted octanol–water partition coefficient (Wildman–Crippen LogP) is 6.70. The Morgan fingerprint density at radius 3 is 2.50 bits per heavy atom. The highest BCUT2D eigenvalue weighted by Crippen LogP contribution is 2.30. The molecule has 0 aliphatic heterocycles. The number of hydrogen-bond acceptors (Lipinski definition) is 3. The Balaban J connectivity index is 1.67. The largest absolute Gasteiger partial charge is 0.493 e. The van der Waals surface area contributed by atoms with Crippen molar-refractivity contribution in [3.63, 3.8) is 0 Å². The van der Waals surface area contributed by atoms with Crippen molar-refractivity contribution in [2.45, 2.75) is 39.0 Å². The molecule has 1 unspecified atom stereocenters. The zero-order chi connectivity index (χ0) is 21.3. The molecule has 0 bridgehead atoms. The Bertz CT molecular complexity index is 929. The van der Waals surface area contributed by atoms with Gasteiger partial charge < -0.3 is 14.8 Å². The number of hydrogen-bond donors (Lipinski definition) is 1. The molecular weight excluding hydrogens is 401 g/mol. The van der Waals surface area contributed by atoms with Crippen molar-refractivity contribution < 1.29 is 13.9 Å². The van der Waals surface area contributed by atoms with Crippen LogP contribution in [-0.4, -0.2) is 7.11 Å². The van der Waals surface area contributed by atoms with Crippen LogP contribution in [0.2, 0.25) is 5.02 Å². The number of methoxy groups -OCH3 is 1. The Kier molecular flexibility index (Phi) is 8.12. The van der Waals surface area contributed by atoms with E-state index in [9.17, 15) is 4.39 Å². The summed E-state index contributed by atoms with van der Waals surface area (Å²) in [5, 5.41) is 3.98. The van der Waals surface area contributed by atoms with Crippen molar-refractivity contribution in [3.05, 3.63) is 94.3 Å². The molecule has 3 nitrogen and oxygen atoms in total. The highest BCUT2D eigenvalue weighted by Gasteiger charge is 2.13. The molecule has 0 fully saturated rings. The fourth-order valence-corrected chi connectivity index (χ4v) is 3.58. The van der Waals surface area contributed by atoms with Crippen LogP contribution in [0.15, 0.2) is 66.7 Å². The predicted molar refractivity (Wildman–Crippen MR) is 120 cm³/mol. The lowest BCUT2D eigenvalue weighted by Gasteiger charge is -2.19. The van der Waals surface area contributed by atoms with Gasteiger partial charge in [-0.05, 0) is 41.8 Å². The van der Waals surface area contributed by atoms with Crippen LogP contribution >= 0.6 is 11.6 Å². The van der Waals surface area contributed by atoms with Crippen LogP contribution in [0.5, 0.6) is 11.5 Å². The lowest BCUT2D eigenvalue weighted by molar-refractivity contribution is 0.279. The van der Waals surface area contributed by atoms with Crippen LogP contribution in [0.4, 0.5) is 4.39 Å². The summed E-state index contributed by atoms with van der Waals surface area (Å²) in [7, 11) is 1.60. The minimum Gasteiger partial charge on any atom is -0.493 e. The van der Waals surface area contributed by atoms with E-state index in [0.717, 1.165) is 18.4 Å². The van der Waals surface area contributed by atoms with Crippen LogP contribution in [0.25, 0.3) is 0 Å². The Morgan fingerprint density at radius 2 is 1.80 bits per heavy atom. The summed E-state index contributed by atoms with van der Waals surface area (Å²) in [5.74, 6) is 0.771. The fourth-order valence-electron chi connectivity index (χ4n) is 3.36. The molecule has 3 rings (SSSR count). The molecule has 0 saturated carbocycles. The molecular formula is C25H27ClFNO2. The quantitative estimate of drug-likeness (QED) is 0.390. The molecule has 0 spiro atoms. The van der Waals surface area contributed by atoms with Crippen LogP contribution in [-0.2, 0) is 13.2 Å². The van der Waals surface area contributed by atoms with Crippen molar-refractivity contribution in [1.29, 1.82) is 0 Å². The molecule has 0 heterocycles. The zero-order valence-electron chi connectivity index (χ0n) is 17.3. The van der Waals surface area contributed by atoms with E-state index in [-0.39, 0.29) is 12.4 Å². The van der Waals surface area contributed by atoms with Crippen LogP contribution < -0.4 is 14.8 Å². The van der Waals surface area contributed by atoms with Crippen molar-refractivity contribution in [2.24, 2.45) is 0 Å². The number of ether oxygens (including phenoxy) is 2. The molecule has 30 heavy (non-hydrogen) atoms. The molecule has 1 N–H and O–H groups in total. The summed E-state index contributed by atoms with van der Waals surface area (Å²) in [5.41, 5.74) is 2.70. The van der Waals surface area contributed by atoms with Crippen LogP contribution in [0.1, 0.15) is 42.5 Å². The van der Waals surface area contributed by atoms with E-state index in [2.05, 4.69) is 36.5 Å². The minimum absolute atomic E-state index is 0.0338. The zero-order valence-corrected chi connectivity index (χ0v) is 18.1. The van der Waals surface area contributed by atoms with Gasteiger partial charge in [-0.2, -0.15) is 0 Å². The normalized spacial score (nSPS) is 11.9. The third-order valence-electron chi connectivity index (χ3n) is 4.99. The first-order chi connectivity index (χ1) is 14.6. The van der Waals surface area contributed by atoms with E-state index >= 15 is 0 Å². The van der Waals surface area contributed by atoms with Gasteiger partial charge in [0.05, 0.1) is 12.1 Å². The van der Waals surface area contributed by atoms with E-state index in [0.29, 0.717) is 34.7 Å². The lowest BCUT2D eigenvalue weighted by Crippen LogP contribution is -2.20. The van der Waals surface area contributed by atoms with Crippen molar-refractivity contribution in [3.8, 4) is 11.5 Å². The van der Waals surface area contributed by atoms with Gasteiger partial charge in [-0.25, -0.2) is 4.39 Å². The summed E-state index contributed by atoms with van der Waals surface area (Å²) >= 11 is 6.08. The summed E-state index contributed by atoms with van der Waals surface area (Å²) < 4.78 is 25.3. The standard InChI is InChI=1S/C25H27ClFNO2/c1-3-8-23(19-9-5-4-6-10-19)28-16-18-13-14-24(25(15-18)29-2)30-17-20-21(26)11-7-12-22(20)27/h4-7,9-15,23,28H,3,8,16-17H2,1-2H3. The van der Waals surface area contributed by atoms with Gasteiger partial charge in [0, 0.05) is 18.2 Å². The summed E-state index contributed by atoms with van der Waals surface area (Å²) in [6, 6.07) is 21.1. The maximum Gasteiger partial charge on any atom is 0.161 e. The van der Waals surface area contributed by atoms with E-state index in [1.54, 1.807) is 19.2 Å². The van der Waals surface area contributed by atoms with Gasteiger partial charge in [-0.3, -0.25) is 0 Å². The monoisotopic (exact) mass is 427 g/mol. The van der Waals surface area contributed by atoms with E-state index < -0.39 is 0 Å². The third-order valence-corrected chi connectivity index (χ3v) is 5.35. The van der Waals surface area contributed by atoms with Gasteiger partial charge in [0.15, 0.2) is 11.5 Å². The average Bonchev–Trinajstić information content (AvgIpc) is 2.77. The molecule has 3 aromatic carbocycles. The maximum absolute atomic E-state index is 14.0. The van der Waals surface area contributed by atoms with Gasteiger partial charge in [-0.15, -0.1) is 0 Å². The molecule has 0 amide bonds. The molecule has 3 aromatic rings. The van der Waals surface area contributed by atoms with Gasteiger partial charge in [0.1, 0.15) is 12.4 Å². The van der Waals surface area contributed by atoms with Gasteiger partial charge in [0.2, 0.25) is 0 Å². The third kappa shape index (κ3) is 5.74. The summed E-state index contributed by atoms with van der Waals surface area (Å²) in [4.78, 5) is 0. The van der Waals surface area contributed by atoms with Crippen molar-refractivity contribution >= 4 is 11.6 Å². The fraction of sp³-hybridized carbons (Fsp3) is 0.280. The second-order valence-electron chi connectivity index (χ2n) is 7.11. The molecule has 0 aromatic heterocycles. The number of nitrogens with one attached hydrogen (secondary N) is 1. The van der Waals surface area contributed by atoms with Crippen molar-refractivity contribution in [2.75, 3.05) is 7.11 Å². The topological polar surface area (TPSA) is 30.5 Å². The van der Waals surface area contributed by atoms with Crippen LogP contribution in [0, 0.1) is 5.82 Å². The molecule has 0 aliphatic rings. The SMILES string of the molecule is CCCC(NCc1ccc(OCc2c(F)cccc2Cl)c(OC)c1)c1ccccc1. The number of benzene rings is 3. The van der Waals surface area contributed by atoms with Gasteiger partial charge >= 0.3 is 0 Å². The summed E-state index contributed by atoms with van der Waals surface area (Å²) in [6.45, 7) is 2.93. The van der Waals surface area contributed by atoms with Crippen molar-refractivity contribution in [1.82, 2.24) is 5.32 Å². The average molecular weight is 428 g/mol. The maximum atomic E-state index is 14.0. The molecule has 0 radical (unpaired) electrons. The first kappa shape index (κ1) is 22.1.